The average molecular weight is 485 g/mol. The number of aliphatic hydroxyl groups excluding tert-OH is 1. The summed E-state index contributed by atoms with van der Waals surface area (Å²) in [5, 5.41) is 16.1. The molecule has 1 unspecified atom stereocenters. The number of nitrogens with one attached hydrogen (secondary N) is 2. The van der Waals surface area contributed by atoms with E-state index in [4.69, 9.17) is 9.47 Å². The summed E-state index contributed by atoms with van der Waals surface area (Å²) in [5.41, 5.74) is 2.00. The number of hydrogen-bond donors (Lipinski definition) is 3. The van der Waals surface area contributed by atoms with Crippen LogP contribution in [-0.2, 0) is 20.7 Å². The first-order valence-corrected chi connectivity index (χ1v) is 11.7. The quantitative estimate of drug-likeness (QED) is 0.281. The summed E-state index contributed by atoms with van der Waals surface area (Å²) in [6.45, 7) is 16.3. The Kier molecular flexibility index (Phi) is 12.6. The lowest BCUT2D eigenvalue weighted by atomic mass is 10.0. The predicted octanol–water partition coefficient (Wildman–Crippen LogP) is 4.60. The molecule has 192 valence electrons. The van der Waals surface area contributed by atoms with Crippen LogP contribution in [0.3, 0.4) is 0 Å². The highest BCUT2D eigenvalue weighted by molar-refractivity contribution is 5.77. The Bertz CT molecular complexity index is 913. The fraction of sp³-hybridized carbons (Fsp3) is 0.429. The van der Waals surface area contributed by atoms with Crippen LogP contribution in [0.4, 0.5) is 4.79 Å². The zero-order valence-electron chi connectivity index (χ0n) is 21.6. The van der Waals surface area contributed by atoms with Gasteiger partial charge in [-0.25, -0.2) is 4.79 Å². The van der Waals surface area contributed by atoms with Crippen molar-refractivity contribution < 1.29 is 24.2 Å². The predicted molar refractivity (Wildman–Crippen MR) is 140 cm³/mol. The third-order valence-corrected chi connectivity index (χ3v) is 4.88. The fourth-order valence-electron chi connectivity index (χ4n) is 3.28. The van der Waals surface area contributed by atoms with E-state index in [9.17, 15) is 14.7 Å². The second-order valence-electron chi connectivity index (χ2n) is 9.32. The molecule has 0 saturated heterocycles. The van der Waals surface area contributed by atoms with Crippen molar-refractivity contribution in [2.24, 2.45) is 0 Å². The Morgan fingerprint density at radius 1 is 1.14 bits per heavy atom. The molecular weight excluding hydrogens is 444 g/mol. The van der Waals surface area contributed by atoms with Crippen molar-refractivity contribution in [3.8, 4) is 0 Å². The number of aliphatic hydroxyl groups is 1. The maximum Gasteiger partial charge on any atom is 0.407 e. The first kappa shape index (κ1) is 29.7. The second kappa shape index (κ2) is 14.8. The minimum absolute atomic E-state index is 0.0183. The van der Waals surface area contributed by atoms with Crippen molar-refractivity contribution in [1.82, 2.24) is 10.6 Å². The van der Waals surface area contributed by atoms with Crippen molar-refractivity contribution in [2.45, 2.75) is 65.2 Å². The zero-order chi connectivity index (χ0) is 26.4. The summed E-state index contributed by atoms with van der Waals surface area (Å²) in [5.74, 6) is 0.185. The van der Waals surface area contributed by atoms with Crippen LogP contribution in [0.15, 0.2) is 78.6 Å². The molecule has 3 N–H and O–H groups in total. The van der Waals surface area contributed by atoms with E-state index in [0.717, 1.165) is 16.7 Å². The lowest BCUT2D eigenvalue weighted by Gasteiger charge is -2.25. The summed E-state index contributed by atoms with van der Waals surface area (Å²) in [6.07, 6.45) is 4.40. The summed E-state index contributed by atoms with van der Waals surface area (Å²) in [7, 11) is 0. The number of ether oxygens (including phenoxy) is 2. The van der Waals surface area contributed by atoms with E-state index in [0.29, 0.717) is 12.2 Å². The Hall–Kier alpha value is -3.32. The summed E-state index contributed by atoms with van der Waals surface area (Å²) in [6, 6.07) is 9.27. The Labute approximate surface area is 209 Å². The number of benzene rings is 1. The number of carbonyl (C=O) groups excluding carboxylic acids is 2. The minimum atomic E-state index is -0.880. The largest absolute Gasteiger partial charge is 0.483 e. The van der Waals surface area contributed by atoms with Gasteiger partial charge in [0, 0.05) is 12.6 Å². The van der Waals surface area contributed by atoms with Crippen molar-refractivity contribution in [3.63, 3.8) is 0 Å². The third kappa shape index (κ3) is 12.6. The summed E-state index contributed by atoms with van der Waals surface area (Å²) >= 11 is 0. The van der Waals surface area contributed by atoms with Crippen LogP contribution in [0.25, 0.3) is 0 Å². The van der Waals surface area contributed by atoms with Gasteiger partial charge in [-0.05, 0) is 64.2 Å². The first-order valence-electron chi connectivity index (χ1n) is 11.7. The van der Waals surface area contributed by atoms with E-state index in [-0.39, 0.29) is 31.5 Å². The molecule has 0 aromatic heterocycles. The van der Waals surface area contributed by atoms with E-state index in [1.54, 1.807) is 39.0 Å². The molecule has 0 aliphatic rings. The molecule has 35 heavy (non-hydrogen) atoms. The van der Waals surface area contributed by atoms with Crippen LogP contribution < -0.4 is 10.6 Å². The van der Waals surface area contributed by atoms with E-state index >= 15 is 0 Å². The van der Waals surface area contributed by atoms with Crippen molar-refractivity contribution in [3.05, 3.63) is 84.2 Å². The fourth-order valence-corrected chi connectivity index (χ4v) is 3.28. The number of allylic oxidation sites excluding steroid dienone is 5. The number of hydrogen-bond acceptors (Lipinski definition) is 5. The van der Waals surface area contributed by atoms with E-state index in [1.807, 2.05) is 44.2 Å². The molecule has 1 rings (SSSR count). The lowest BCUT2D eigenvalue weighted by molar-refractivity contribution is -0.124. The van der Waals surface area contributed by atoms with E-state index in [2.05, 4.69) is 23.8 Å². The van der Waals surface area contributed by atoms with Gasteiger partial charge in [0.2, 0.25) is 0 Å². The molecule has 2 amide bonds. The highest BCUT2D eigenvalue weighted by atomic mass is 16.6. The molecule has 0 spiro atoms. The third-order valence-electron chi connectivity index (χ3n) is 4.88. The van der Waals surface area contributed by atoms with Gasteiger partial charge in [0.25, 0.3) is 5.91 Å². The number of rotatable bonds is 13. The van der Waals surface area contributed by atoms with Gasteiger partial charge >= 0.3 is 6.09 Å². The van der Waals surface area contributed by atoms with Gasteiger partial charge < -0.3 is 25.2 Å². The zero-order valence-corrected chi connectivity index (χ0v) is 21.6. The second-order valence-corrected chi connectivity index (χ2v) is 9.32. The minimum Gasteiger partial charge on any atom is -0.483 e. The monoisotopic (exact) mass is 484 g/mol. The molecular formula is C28H40N2O5. The topological polar surface area (TPSA) is 96.9 Å². The van der Waals surface area contributed by atoms with Crippen LogP contribution in [0.5, 0.6) is 0 Å². The smallest absolute Gasteiger partial charge is 0.407 e. The highest BCUT2D eigenvalue weighted by Gasteiger charge is 2.22. The molecule has 0 heterocycles. The molecule has 2 atom stereocenters. The molecule has 0 fully saturated rings. The van der Waals surface area contributed by atoms with Gasteiger partial charge in [0.15, 0.2) is 6.61 Å². The van der Waals surface area contributed by atoms with Gasteiger partial charge in [0.1, 0.15) is 11.4 Å². The molecule has 7 heteroatoms. The van der Waals surface area contributed by atoms with Crippen molar-refractivity contribution in [1.29, 1.82) is 0 Å². The molecule has 0 bridgehead atoms. The molecule has 0 aliphatic carbocycles. The lowest BCUT2D eigenvalue weighted by Crippen LogP contribution is -2.44. The van der Waals surface area contributed by atoms with Crippen molar-refractivity contribution >= 4 is 12.0 Å². The molecule has 1 aromatic carbocycles. The number of alkyl carbamates (subject to hydrolysis) is 1. The van der Waals surface area contributed by atoms with Crippen molar-refractivity contribution in [2.75, 3.05) is 13.2 Å². The average Bonchev–Trinajstić information content (AvgIpc) is 2.77. The number of amides is 2. The van der Waals surface area contributed by atoms with Gasteiger partial charge in [0.05, 0.1) is 6.10 Å². The molecule has 0 aliphatic heterocycles. The molecule has 0 radical (unpaired) electrons. The van der Waals surface area contributed by atoms with Crippen LogP contribution in [-0.4, -0.2) is 48.0 Å². The Balaban J connectivity index is 2.70. The maximum atomic E-state index is 12.3. The van der Waals surface area contributed by atoms with Crippen LogP contribution in [0, 0.1) is 0 Å². The molecule has 0 saturated carbocycles. The van der Waals surface area contributed by atoms with Gasteiger partial charge in [-0.1, -0.05) is 61.7 Å². The van der Waals surface area contributed by atoms with Crippen LogP contribution >= 0.6 is 0 Å². The SMILES string of the molecule is C=C/C=C(C)\C(OCC(=O)NCC(O)C[C@H](Cc1ccccc1)NC(=O)OC(C)(C)C)=C(\C)C=C. The Morgan fingerprint density at radius 3 is 2.37 bits per heavy atom. The van der Waals surface area contributed by atoms with E-state index < -0.39 is 17.8 Å². The standard InChI is InChI=1S/C28H40N2O5/c1-8-13-21(4)26(20(3)9-2)34-19-25(32)29-18-24(31)17-23(16-22-14-11-10-12-15-22)30-27(33)35-28(5,6)7/h8-15,23-24,31H,1-2,16-19H2,3-7H3,(H,29,32)(H,30,33)/b21-13-,26-20+/t23-,24?/m0/s1. The molecule has 7 nitrogen and oxygen atoms in total. The Morgan fingerprint density at radius 2 is 1.80 bits per heavy atom. The normalized spacial score (nSPS) is 14.2. The van der Waals surface area contributed by atoms with E-state index in [1.165, 1.54) is 0 Å². The summed E-state index contributed by atoms with van der Waals surface area (Å²) < 4.78 is 11.1. The van der Waals surface area contributed by atoms with Gasteiger partial charge in [-0.3, -0.25) is 4.79 Å². The van der Waals surface area contributed by atoms with Crippen LogP contribution in [0.1, 0.15) is 46.6 Å². The number of carbonyl (C=O) groups is 2. The van der Waals surface area contributed by atoms with Gasteiger partial charge in [-0.15, -0.1) is 0 Å². The van der Waals surface area contributed by atoms with Gasteiger partial charge in [-0.2, -0.15) is 0 Å². The first-order chi connectivity index (χ1) is 16.4. The highest BCUT2D eigenvalue weighted by Crippen LogP contribution is 2.17. The summed E-state index contributed by atoms with van der Waals surface area (Å²) in [4.78, 5) is 24.6. The maximum absolute atomic E-state index is 12.3. The molecule has 1 aromatic rings. The van der Waals surface area contributed by atoms with Crippen LogP contribution in [0.2, 0.25) is 0 Å².